The Bertz CT molecular complexity index is 2480. The molecule has 7 rings (SSSR count). The van der Waals surface area contributed by atoms with Crippen molar-refractivity contribution in [3.63, 3.8) is 0 Å². The Morgan fingerprint density at radius 2 is 1.86 bits per heavy atom. The monoisotopic (exact) mass is 773 g/mol. The number of fused-ring (bicyclic) bond motifs is 1. The van der Waals surface area contributed by atoms with Crippen LogP contribution in [0.15, 0.2) is 79.1 Å². The van der Waals surface area contributed by atoms with Crippen molar-refractivity contribution in [1.82, 2.24) is 35.2 Å². The van der Waals surface area contributed by atoms with Gasteiger partial charge >= 0.3 is 0 Å². The second-order valence-corrected chi connectivity index (χ2v) is 14.2. The molecule has 4 heterocycles. The Kier molecular flexibility index (Phi) is 10.8. The van der Waals surface area contributed by atoms with E-state index in [-0.39, 0.29) is 65.3 Å². The van der Waals surface area contributed by atoms with E-state index in [0.29, 0.717) is 52.7 Å². The van der Waals surface area contributed by atoms with Crippen molar-refractivity contribution in [1.29, 1.82) is 0 Å². The zero-order valence-corrected chi connectivity index (χ0v) is 31.4. The van der Waals surface area contributed by atoms with Gasteiger partial charge in [0.2, 0.25) is 17.7 Å². The number of rotatable bonds is 8. The SMILES string of the molecule is CN(C)C(=O)c1cc2c(-c3ccc(C#Cc4ccc(C(=O)NC5CCC(=O)NC5=O)cc4Cl)cc3)cc(C3=CCCN(C(=O)CCn4cccn4)C3)c(F)c2[nH]1. The number of carbonyl (C=O) groups is 5. The highest BCUT2D eigenvalue weighted by molar-refractivity contribution is 6.32. The number of aromatic nitrogens is 3. The van der Waals surface area contributed by atoms with Gasteiger partial charge in [-0.2, -0.15) is 5.10 Å². The number of nitrogens with zero attached hydrogens (tertiary/aromatic N) is 4. The molecular weight excluding hydrogens is 737 g/mol. The van der Waals surface area contributed by atoms with Crippen LogP contribution in [0.2, 0.25) is 5.02 Å². The molecule has 14 heteroatoms. The van der Waals surface area contributed by atoms with Gasteiger partial charge in [0.1, 0.15) is 11.7 Å². The van der Waals surface area contributed by atoms with Crippen molar-refractivity contribution in [2.45, 2.75) is 38.3 Å². The maximum Gasteiger partial charge on any atom is 0.269 e. The number of piperidine rings is 1. The summed E-state index contributed by atoms with van der Waals surface area (Å²) in [5, 5.41) is 9.80. The highest BCUT2D eigenvalue weighted by Crippen LogP contribution is 2.37. The molecule has 0 saturated carbocycles. The lowest BCUT2D eigenvalue weighted by Gasteiger charge is -2.28. The van der Waals surface area contributed by atoms with Crippen LogP contribution < -0.4 is 10.6 Å². The van der Waals surface area contributed by atoms with E-state index in [1.54, 1.807) is 66.4 Å². The minimum atomic E-state index is -0.812. The van der Waals surface area contributed by atoms with Crippen LogP contribution in [0.3, 0.4) is 0 Å². The Morgan fingerprint density at radius 1 is 1.05 bits per heavy atom. The molecule has 0 spiro atoms. The average molecular weight is 774 g/mol. The molecule has 2 aliphatic heterocycles. The molecule has 5 amide bonds. The molecule has 12 nitrogen and oxygen atoms in total. The van der Waals surface area contributed by atoms with E-state index in [0.717, 1.165) is 5.56 Å². The van der Waals surface area contributed by atoms with Gasteiger partial charge < -0.3 is 20.1 Å². The van der Waals surface area contributed by atoms with Crippen molar-refractivity contribution in [2.75, 3.05) is 27.2 Å². The number of hydrogen-bond donors (Lipinski definition) is 3. The molecule has 1 fully saturated rings. The van der Waals surface area contributed by atoms with Gasteiger partial charge in [0.05, 0.1) is 10.5 Å². The number of imide groups is 1. The van der Waals surface area contributed by atoms with Gasteiger partial charge in [0.25, 0.3) is 11.8 Å². The second kappa shape index (κ2) is 16.1. The van der Waals surface area contributed by atoms with Gasteiger partial charge in [0.15, 0.2) is 5.82 Å². The molecule has 1 unspecified atom stereocenters. The van der Waals surface area contributed by atoms with E-state index < -0.39 is 23.7 Å². The van der Waals surface area contributed by atoms with E-state index in [9.17, 15) is 24.0 Å². The second-order valence-electron chi connectivity index (χ2n) is 13.8. The highest BCUT2D eigenvalue weighted by Gasteiger charge is 2.28. The first kappa shape index (κ1) is 37.8. The number of halogens is 2. The third kappa shape index (κ3) is 8.11. The fraction of sp³-hybridized carbons (Fsp3) is 0.238. The molecule has 0 bridgehead atoms. The molecular formula is C42H37ClFN7O5. The number of carbonyl (C=O) groups excluding carboxylic acids is 5. The summed E-state index contributed by atoms with van der Waals surface area (Å²) in [4.78, 5) is 68.6. The third-order valence-corrected chi connectivity index (χ3v) is 10.1. The van der Waals surface area contributed by atoms with Crippen molar-refractivity contribution in [2.24, 2.45) is 0 Å². The van der Waals surface area contributed by atoms with Crippen LogP contribution in [0.4, 0.5) is 4.39 Å². The van der Waals surface area contributed by atoms with Gasteiger partial charge in [-0.1, -0.05) is 41.7 Å². The summed E-state index contributed by atoms with van der Waals surface area (Å²) in [7, 11) is 3.26. The van der Waals surface area contributed by atoms with Crippen LogP contribution in [0.1, 0.15) is 63.2 Å². The van der Waals surface area contributed by atoms with Gasteiger partial charge in [0, 0.05) is 86.6 Å². The number of H-pyrrole nitrogens is 1. The number of hydrogen-bond acceptors (Lipinski definition) is 6. The van der Waals surface area contributed by atoms with Crippen molar-refractivity contribution >= 4 is 57.6 Å². The zero-order valence-electron chi connectivity index (χ0n) is 30.6. The molecule has 0 aliphatic carbocycles. The van der Waals surface area contributed by atoms with Crippen LogP contribution >= 0.6 is 11.6 Å². The molecule has 2 aromatic heterocycles. The summed E-state index contributed by atoms with van der Waals surface area (Å²) in [5.74, 6) is 3.87. The van der Waals surface area contributed by atoms with E-state index in [1.165, 1.54) is 11.0 Å². The predicted octanol–water partition coefficient (Wildman–Crippen LogP) is 5.17. The lowest BCUT2D eigenvalue weighted by atomic mass is 9.93. The minimum Gasteiger partial charge on any atom is -0.348 e. The largest absolute Gasteiger partial charge is 0.348 e. The van der Waals surface area contributed by atoms with E-state index in [4.69, 9.17) is 11.6 Å². The zero-order chi connectivity index (χ0) is 39.5. The maximum atomic E-state index is 16.5. The quantitative estimate of drug-likeness (QED) is 0.147. The van der Waals surface area contributed by atoms with Crippen LogP contribution in [-0.2, 0) is 20.9 Å². The van der Waals surface area contributed by atoms with Gasteiger partial charge in [-0.25, -0.2) is 4.39 Å². The molecule has 2 aliphatic rings. The normalized spacial score (nSPS) is 15.5. The highest BCUT2D eigenvalue weighted by atomic mass is 35.5. The van der Waals surface area contributed by atoms with Crippen LogP contribution in [-0.4, -0.2) is 87.3 Å². The first-order chi connectivity index (χ1) is 26.9. The van der Waals surface area contributed by atoms with Crippen LogP contribution in [0.25, 0.3) is 27.6 Å². The smallest absolute Gasteiger partial charge is 0.269 e. The van der Waals surface area contributed by atoms with E-state index in [2.05, 4.69) is 32.6 Å². The summed E-state index contributed by atoms with van der Waals surface area (Å²) in [6.07, 6.45) is 6.63. The number of benzene rings is 3. The molecule has 1 atom stereocenters. The fourth-order valence-electron chi connectivity index (χ4n) is 6.74. The summed E-state index contributed by atoms with van der Waals surface area (Å²) in [6, 6.07) is 16.5. The fourth-order valence-corrected chi connectivity index (χ4v) is 6.97. The molecule has 56 heavy (non-hydrogen) atoms. The lowest BCUT2D eigenvalue weighted by Crippen LogP contribution is -2.52. The van der Waals surface area contributed by atoms with Crippen LogP contribution in [0, 0.1) is 17.7 Å². The summed E-state index contributed by atoms with van der Waals surface area (Å²) < 4.78 is 18.2. The minimum absolute atomic E-state index is 0.0456. The average Bonchev–Trinajstić information content (AvgIpc) is 3.89. The van der Waals surface area contributed by atoms with Crippen LogP contribution in [0.5, 0.6) is 0 Å². The van der Waals surface area contributed by atoms with Gasteiger partial charge in [-0.05, 0) is 78.1 Å². The third-order valence-electron chi connectivity index (χ3n) is 9.77. The summed E-state index contributed by atoms with van der Waals surface area (Å²) in [5.41, 5.74) is 4.31. The number of aromatic amines is 1. The van der Waals surface area contributed by atoms with E-state index >= 15 is 4.39 Å². The summed E-state index contributed by atoms with van der Waals surface area (Å²) in [6.45, 7) is 1.22. The Hall–Kier alpha value is -6.52. The molecule has 0 radical (unpaired) electrons. The maximum absolute atomic E-state index is 16.5. The van der Waals surface area contributed by atoms with Crippen molar-refractivity contribution in [3.05, 3.63) is 118 Å². The van der Waals surface area contributed by atoms with Gasteiger partial charge in [-0.3, -0.25) is 34.0 Å². The predicted molar refractivity (Wildman–Crippen MR) is 209 cm³/mol. The molecule has 3 aromatic carbocycles. The topological polar surface area (TPSA) is 150 Å². The Morgan fingerprint density at radius 3 is 2.57 bits per heavy atom. The van der Waals surface area contributed by atoms with Crippen molar-refractivity contribution < 1.29 is 28.4 Å². The van der Waals surface area contributed by atoms with E-state index in [1.807, 2.05) is 30.3 Å². The molecule has 5 aromatic rings. The standard InChI is InChI=1S/C42H37ClFN7O5/c1-49(2)42(56)35-23-32-30(22-31(38(44)39(32)46-35)29-5-3-18-50(24-29)37(53)16-20-51-19-4-17-45-51)26-9-6-25(7-10-26)8-11-27-12-13-28(21-33(27)43)40(54)47-34-14-15-36(52)48-41(34)55/h4-7,9-10,12-13,17,19,21-23,34,46H,3,14-16,18,20,24H2,1-2H3,(H,47,54)(H,48,52,55). The Balaban J connectivity index is 1.13. The molecule has 1 saturated heterocycles. The number of amides is 5. The molecule has 3 N–H and O–H groups in total. The lowest BCUT2D eigenvalue weighted by molar-refractivity contribution is -0.134. The first-order valence-electron chi connectivity index (χ1n) is 18.0. The number of nitrogens with one attached hydrogen (secondary N) is 3. The molecule has 284 valence electrons. The first-order valence-corrected chi connectivity index (χ1v) is 18.4. The summed E-state index contributed by atoms with van der Waals surface area (Å²) >= 11 is 6.49. The number of aryl methyl sites for hydroxylation is 1. The van der Waals surface area contributed by atoms with Gasteiger partial charge in [-0.15, -0.1) is 0 Å². The Labute approximate surface area is 326 Å². The van der Waals surface area contributed by atoms with Crippen molar-refractivity contribution in [3.8, 4) is 23.0 Å².